The predicted octanol–water partition coefficient (Wildman–Crippen LogP) is 1.07. The number of aromatic nitrogens is 8. The third-order valence-corrected chi connectivity index (χ3v) is 10.8. The molecule has 25 heteroatoms. The Morgan fingerprint density at radius 1 is 0.362 bits per heavy atom. The molecule has 0 unspecified atom stereocenters. The van der Waals surface area contributed by atoms with Gasteiger partial charge in [-0.3, -0.25) is 0 Å². The van der Waals surface area contributed by atoms with Crippen molar-refractivity contribution in [3.63, 3.8) is 0 Å². The molecule has 0 radical (unpaired) electrons. The molecular weight excluding hydrogens is 975 g/mol. The van der Waals surface area contributed by atoms with Gasteiger partial charge < -0.3 is 37.9 Å². The second kappa shape index (κ2) is 39.6. The summed E-state index contributed by atoms with van der Waals surface area (Å²) in [5.74, 6) is 0. The molecule has 24 nitrogen and oxygen atoms in total. The molecule has 69 heavy (non-hydrogen) atoms. The molecule has 1 aromatic carbocycles. The SMILES string of the molecule is COCCOCCOCCOCC(COCCOCCOCCOC)n1cc(-c2ccc(-c3cn(C(COCCOCCOCCOC)COCCOCCOCCOC)nn3)c3n[se]nc23)nn1. The molecule has 0 N–H and O–H groups in total. The summed E-state index contributed by atoms with van der Waals surface area (Å²) in [5.41, 5.74) is 4.31. The number of fused-ring (bicyclic) bond motifs is 1. The van der Waals surface area contributed by atoms with Crippen LogP contribution in [0.25, 0.3) is 33.5 Å². The standard InChI is InChI=1S/C44H74N8O16Se/c1-53-7-11-57-15-19-61-23-27-65-33-37(34-66-28-24-62-20-16-58-12-8-54-2)51-31-41(45-49-51)39-5-6-40(44-43(39)47-69-48-44)42-32-52(50-46-42)38(35-67-29-25-63-21-17-59-13-9-55-3)36-68-30-26-64-22-18-60-14-10-56-4/h5-6,31-32,37-38H,7-30,33-36H2,1-4H3. The van der Waals surface area contributed by atoms with E-state index < -0.39 is 0 Å². The van der Waals surface area contributed by atoms with E-state index in [0.29, 0.717) is 196 Å². The molecule has 4 aromatic rings. The van der Waals surface area contributed by atoms with Crippen LogP contribution < -0.4 is 0 Å². The Kier molecular flexibility index (Phi) is 33.6. The van der Waals surface area contributed by atoms with E-state index in [2.05, 4.69) is 20.6 Å². The number of hydrogen-bond donors (Lipinski definition) is 0. The van der Waals surface area contributed by atoms with Gasteiger partial charge in [0.05, 0.1) is 106 Å². The van der Waals surface area contributed by atoms with Crippen LogP contribution in [0.1, 0.15) is 12.1 Å². The van der Waals surface area contributed by atoms with Gasteiger partial charge in [-0.15, -0.1) is 0 Å². The molecular formula is C44H74N8O16Se. The first-order chi connectivity index (χ1) is 34.2. The maximum atomic E-state index is 6.02. The summed E-state index contributed by atoms with van der Waals surface area (Å²) in [6.07, 6.45) is 3.75. The summed E-state index contributed by atoms with van der Waals surface area (Å²) in [7, 11) is 6.55. The van der Waals surface area contributed by atoms with E-state index in [-0.39, 0.29) is 27.0 Å². The molecule has 3 heterocycles. The summed E-state index contributed by atoms with van der Waals surface area (Å²) in [6.45, 7) is 12.5. The van der Waals surface area contributed by atoms with Gasteiger partial charge in [-0.2, -0.15) is 0 Å². The summed E-state index contributed by atoms with van der Waals surface area (Å²) in [5, 5.41) is 18.1. The molecule has 0 bridgehead atoms. The van der Waals surface area contributed by atoms with Gasteiger partial charge in [0.15, 0.2) is 0 Å². The van der Waals surface area contributed by atoms with Gasteiger partial charge in [0, 0.05) is 28.4 Å². The molecule has 0 aliphatic rings. The van der Waals surface area contributed by atoms with Gasteiger partial charge in [0.1, 0.15) is 0 Å². The molecule has 392 valence electrons. The van der Waals surface area contributed by atoms with E-state index in [4.69, 9.17) is 83.7 Å². The van der Waals surface area contributed by atoms with Crippen molar-refractivity contribution >= 4 is 26.0 Å². The van der Waals surface area contributed by atoms with Crippen LogP contribution in [-0.4, -0.2) is 266 Å². The van der Waals surface area contributed by atoms with Gasteiger partial charge in [0.2, 0.25) is 0 Å². The Hall–Kier alpha value is -3.02. The Labute approximate surface area is 411 Å². The number of benzene rings is 1. The van der Waals surface area contributed by atoms with Gasteiger partial charge >= 0.3 is 240 Å². The van der Waals surface area contributed by atoms with Crippen LogP contribution in [0, 0.1) is 0 Å². The van der Waals surface area contributed by atoms with Crippen molar-refractivity contribution in [2.75, 3.05) is 213 Å². The van der Waals surface area contributed by atoms with E-state index in [0.717, 1.165) is 22.2 Å². The van der Waals surface area contributed by atoms with Crippen molar-refractivity contribution < 1.29 is 75.8 Å². The van der Waals surface area contributed by atoms with Gasteiger partial charge in [-0.05, 0) is 0 Å². The first kappa shape index (κ1) is 58.5. The fourth-order valence-electron chi connectivity index (χ4n) is 6.04. The van der Waals surface area contributed by atoms with E-state index in [1.807, 2.05) is 24.5 Å². The van der Waals surface area contributed by atoms with Gasteiger partial charge in [-0.1, -0.05) is 0 Å². The fraction of sp³-hybridized carbons (Fsp3) is 0.773. The zero-order chi connectivity index (χ0) is 48.7. The molecule has 0 aliphatic heterocycles. The van der Waals surface area contributed by atoms with Crippen LogP contribution in [0.3, 0.4) is 0 Å². The van der Waals surface area contributed by atoms with E-state index in [9.17, 15) is 0 Å². The third-order valence-electron chi connectivity index (χ3n) is 9.68. The van der Waals surface area contributed by atoms with Crippen LogP contribution in [-0.2, 0) is 75.8 Å². The number of nitrogens with zero attached hydrogens (tertiary/aromatic N) is 8. The topological polar surface area (TPSA) is 235 Å². The first-order valence-corrected chi connectivity index (χ1v) is 24.7. The number of methoxy groups -OCH3 is 4. The quantitative estimate of drug-likeness (QED) is 0.0445. The number of rotatable bonds is 48. The average Bonchev–Trinajstić information content (AvgIpc) is 4.18. The second-order valence-electron chi connectivity index (χ2n) is 14.8. The second-order valence-corrected chi connectivity index (χ2v) is 15.9. The minimum absolute atomic E-state index is 0.285. The Morgan fingerprint density at radius 2 is 0.609 bits per heavy atom. The first-order valence-electron chi connectivity index (χ1n) is 23.2. The minimum atomic E-state index is -0.361. The summed E-state index contributed by atoms with van der Waals surface area (Å²) in [4.78, 5) is 0. The average molecular weight is 1050 g/mol. The van der Waals surface area contributed by atoms with Crippen LogP contribution in [0.4, 0.5) is 0 Å². The van der Waals surface area contributed by atoms with Crippen molar-refractivity contribution in [1.29, 1.82) is 0 Å². The molecule has 0 atom stereocenters. The fourth-order valence-corrected chi connectivity index (χ4v) is 7.25. The zero-order valence-electron chi connectivity index (χ0n) is 40.8. The molecule has 3 aromatic heterocycles. The van der Waals surface area contributed by atoms with Gasteiger partial charge in [0.25, 0.3) is 0 Å². The number of hydrogen-bond acceptors (Lipinski definition) is 22. The van der Waals surface area contributed by atoms with E-state index in [1.165, 1.54) is 0 Å². The summed E-state index contributed by atoms with van der Waals surface area (Å²) < 4.78 is 102. The van der Waals surface area contributed by atoms with Crippen LogP contribution in [0.5, 0.6) is 0 Å². The van der Waals surface area contributed by atoms with Crippen molar-refractivity contribution in [2.45, 2.75) is 12.1 Å². The van der Waals surface area contributed by atoms with E-state index in [1.54, 1.807) is 37.8 Å². The molecule has 0 saturated heterocycles. The monoisotopic (exact) mass is 1050 g/mol. The van der Waals surface area contributed by atoms with Crippen molar-refractivity contribution in [3.8, 4) is 22.5 Å². The molecule has 0 saturated carbocycles. The zero-order valence-corrected chi connectivity index (χ0v) is 42.5. The Bertz CT molecular complexity index is 1640. The van der Waals surface area contributed by atoms with Crippen molar-refractivity contribution in [1.82, 2.24) is 37.9 Å². The molecule has 4 rings (SSSR count). The summed E-state index contributed by atoms with van der Waals surface area (Å²) in [6, 6.07) is 3.36. The summed E-state index contributed by atoms with van der Waals surface area (Å²) >= 11 is -0.361. The normalized spacial score (nSPS) is 12.0. The Morgan fingerprint density at radius 3 is 0.870 bits per heavy atom. The van der Waals surface area contributed by atoms with Crippen LogP contribution in [0.2, 0.25) is 0 Å². The van der Waals surface area contributed by atoms with Crippen LogP contribution in [0.15, 0.2) is 24.5 Å². The van der Waals surface area contributed by atoms with Gasteiger partial charge in [-0.25, -0.2) is 0 Å². The number of ether oxygens (including phenoxy) is 16. The van der Waals surface area contributed by atoms with Crippen molar-refractivity contribution in [2.24, 2.45) is 0 Å². The molecule has 0 spiro atoms. The predicted molar refractivity (Wildman–Crippen MR) is 250 cm³/mol. The molecule has 0 fully saturated rings. The maximum absolute atomic E-state index is 6.02. The van der Waals surface area contributed by atoms with E-state index >= 15 is 0 Å². The Balaban J connectivity index is 1.37. The van der Waals surface area contributed by atoms with Crippen LogP contribution >= 0.6 is 0 Å². The van der Waals surface area contributed by atoms with Crippen molar-refractivity contribution in [3.05, 3.63) is 24.5 Å². The molecule has 0 aliphatic carbocycles. The third kappa shape index (κ3) is 24.8. The molecule has 0 amide bonds.